The van der Waals surface area contributed by atoms with Gasteiger partial charge in [-0.15, -0.1) is 0 Å². The molecule has 0 bridgehead atoms. The molecule has 2 nitrogen and oxygen atoms in total. The zero-order valence-electron chi connectivity index (χ0n) is 8.19. The van der Waals surface area contributed by atoms with Gasteiger partial charge in [-0.1, -0.05) is 41.2 Å². The predicted molar refractivity (Wildman–Crippen MR) is 49.1 cm³/mol. The zero-order valence-corrected chi connectivity index (χ0v) is 8.19. The normalized spacial score (nSPS) is 9.55. The summed E-state index contributed by atoms with van der Waals surface area (Å²) in [6.07, 6.45) is 0. The SMILES string of the molecule is C=C(C(N)=O)C(C)(C)C.CC. The van der Waals surface area contributed by atoms with Gasteiger partial charge in [-0.2, -0.15) is 0 Å². The highest BCUT2D eigenvalue weighted by molar-refractivity contribution is 5.92. The fraction of sp³-hybridized carbons (Fsp3) is 0.667. The van der Waals surface area contributed by atoms with E-state index < -0.39 is 5.91 Å². The highest BCUT2D eigenvalue weighted by Gasteiger charge is 2.18. The molecule has 0 saturated carbocycles. The van der Waals surface area contributed by atoms with E-state index in [1.54, 1.807) is 0 Å². The fourth-order valence-corrected chi connectivity index (χ4v) is 0.370. The molecule has 2 N–H and O–H groups in total. The summed E-state index contributed by atoms with van der Waals surface area (Å²) in [5.41, 5.74) is 5.27. The summed E-state index contributed by atoms with van der Waals surface area (Å²) in [4.78, 5) is 10.5. The molecular formula is C9H19NO. The maximum absolute atomic E-state index is 10.5. The van der Waals surface area contributed by atoms with E-state index in [0.29, 0.717) is 5.57 Å². The van der Waals surface area contributed by atoms with Gasteiger partial charge in [0, 0.05) is 5.57 Å². The molecule has 2 heteroatoms. The van der Waals surface area contributed by atoms with Crippen LogP contribution in [0.4, 0.5) is 0 Å². The number of hydrogen-bond acceptors (Lipinski definition) is 1. The average molecular weight is 157 g/mol. The topological polar surface area (TPSA) is 43.1 Å². The molecule has 1 amide bonds. The summed E-state index contributed by atoms with van der Waals surface area (Å²) in [6.45, 7) is 13.3. The minimum absolute atomic E-state index is 0.189. The Labute approximate surface area is 69.5 Å². The third kappa shape index (κ3) is 5.64. The number of rotatable bonds is 1. The van der Waals surface area contributed by atoms with Crippen molar-refractivity contribution in [3.05, 3.63) is 12.2 Å². The lowest BCUT2D eigenvalue weighted by atomic mass is 9.87. The molecule has 0 aromatic rings. The summed E-state index contributed by atoms with van der Waals surface area (Å²) in [5, 5.41) is 0. The highest BCUT2D eigenvalue weighted by atomic mass is 16.1. The Balaban J connectivity index is 0. The lowest BCUT2D eigenvalue weighted by Crippen LogP contribution is -2.23. The lowest BCUT2D eigenvalue weighted by molar-refractivity contribution is -0.115. The maximum Gasteiger partial charge on any atom is 0.244 e. The Bertz CT molecular complexity index is 142. The van der Waals surface area contributed by atoms with Crippen LogP contribution in [-0.4, -0.2) is 5.91 Å². The second kappa shape index (κ2) is 4.94. The van der Waals surface area contributed by atoms with Crippen LogP contribution in [0.25, 0.3) is 0 Å². The van der Waals surface area contributed by atoms with Gasteiger partial charge in [0.25, 0.3) is 0 Å². The van der Waals surface area contributed by atoms with E-state index in [2.05, 4.69) is 6.58 Å². The van der Waals surface area contributed by atoms with Crippen molar-refractivity contribution >= 4 is 5.91 Å². The molecule has 0 aromatic carbocycles. The number of nitrogens with two attached hydrogens (primary N) is 1. The smallest absolute Gasteiger partial charge is 0.244 e. The standard InChI is InChI=1S/C7H13NO.C2H6/c1-5(6(8)9)7(2,3)4;1-2/h1H2,2-4H3,(H2,8,9);1-2H3. The molecule has 0 aliphatic heterocycles. The molecule has 0 spiro atoms. The third-order valence-corrected chi connectivity index (χ3v) is 1.20. The van der Waals surface area contributed by atoms with Crippen molar-refractivity contribution in [1.29, 1.82) is 0 Å². The summed E-state index contributed by atoms with van der Waals surface area (Å²) >= 11 is 0. The number of amides is 1. The van der Waals surface area contributed by atoms with Crippen LogP contribution in [-0.2, 0) is 4.79 Å². The predicted octanol–water partition coefficient (Wildman–Crippen LogP) is 2.10. The van der Waals surface area contributed by atoms with E-state index in [0.717, 1.165) is 0 Å². The van der Waals surface area contributed by atoms with Gasteiger partial charge < -0.3 is 5.73 Å². The van der Waals surface area contributed by atoms with Crippen molar-refractivity contribution < 1.29 is 4.79 Å². The molecule has 0 aliphatic carbocycles. The first-order valence-corrected chi connectivity index (χ1v) is 3.85. The second-order valence-electron chi connectivity index (χ2n) is 3.09. The van der Waals surface area contributed by atoms with Gasteiger partial charge in [0.2, 0.25) is 5.91 Å². The van der Waals surface area contributed by atoms with Gasteiger partial charge in [0.05, 0.1) is 0 Å². The van der Waals surface area contributed by atoms with E-state index in [4.69, 9.17) is 5.73 Å². The van der Waals surface area contributed by atoms with E-state index in [9.17, 15) is 4.79 Å². The van der Waals surface area contributed by atoms with Crippen molar-refractivity contribution in [3.63, 3.8) is 0 Å². The number of hydrogen-bond donors (Lipinski definition) is 1. The van der Waals surface area contributed by atoms with Crippen molar-refractivity contribution in [3.8, 4) is 0 Å². The minimum Gasteiger partial charge on any atom is -0.366 e. The molecule has 0 aliphatic rings. The molecule has 0 saturated heterocycles. The number of carbonyl (C=O) groups is 1. The molecule has 0 fully saturated rings. The third-order valence-electron chi connectivity index (χ3n) is 1.20. The van der Waals surface area contributed by atoms with Crippen molar-refractivity contribution in [2.24, 2.45) is 11.1 Å². The first kappa shape index (κ1) is 12.8. The van der Waals surface area contributed by atoms with Crippen LogP contribution < -0.4 is 5.73 Å². The van der Waals surface area contributed by atoms with E-state index in [1.807, 2.05) is 34.6 Å². The summed E-state index contributed by atoms with van der Waals surface area (Å²) in [7, 11) is 0. The van der Waals surface area contributed by atoms with Crippen LogP contribution in [0.5, 0.6) is 0 Å². The van der Waals surface area contributed by atoms with Gasteiger partial charge in [0.1, 0.15) is 0 Å². The quantitative estimate of drug-likeness (QED) is 0.582. The van der Waals surface area contributed by atoms with Crippen molar-refractivity contribution in [2.75, 3.05) is 0 Å². The Morgan fingerprint density at radius 2 is 1.55 bits per heavy atom. The molecule has 0 heterocycles. The van der Waals surface area contributed by atoms with Gasteiger partial charge in [-0.25, -0.2) is 0 Å². The van der Waals surface area contributed by atoms with E-state index in [1.165, 1.54) is 0 Å². The molecule has 11 heavy (non-hydrogen) atoms. The van der Waals surface area contributed by atoms with Crippen LogP contribution >= 0.6 is 0 Å². The number of primary amides is 1. The largest absolute Gasteiger partial charge is 0.366 e. The summed E-state index contributed by atoms with van der Waals surface area (Å²) < 4.78 is 0. The number of carbonyl (C=O) groups excluding carboxylic acids is 1. The highest BCUT2D eigenvalue weighted by Crippen LogP contribution is 2.22. The minimum atomic E-state index is -0.414. The fourth-order valence-electron chi connectivity index (χ4n) is 0.370. The molecule has 0 unspecified atom stereocenters. The van der Waals surface area contributed by atoms with Gasteiger partial charge in [0.15, 0.2) is 0 Å². The molecular weight excluding hydrogens is 138 g/mol. The van der Waals surface area contributed by atoms with Crippen molar-refractivity contribution in [1.82, 2.24) is 0 Å². The molecule has 0 aromatic heterocycles. The Hall–Kier alpha value is -0.790. The Morgan fingerprint density at radius 3 is 1.55 bits per heavy atom. The van der Waals surface area contributed by atoms with Crippen LogP contribution in [0, 0.1) is 5.41 Å². The van der Waals surface area contributed by atoms with Gasteiger partial charge in [-0.3, -0.25) is 4.79 Å². The Kier molecular flexibility index (Phi) is 5.77. The summed E-state index contributed by atoms with van der Waals surface area (Å²) in [6, 6.07) is 0. The Morgan fingerprint density at radius 1 is 1.27 bits per heavy atom. The zero-order chi connectivity index (χ0) is 9.65. The van der Waals surface area contributed by atoms with Crippen LogP contribution in [0.3, 0.4) is 0 Å². The maximum atomic E-state index is 10.5. The monoisotopic (exact) mass is 157 g/mol. The first-order valence-electron chi connectivity index (χ1n) is 3.85. The molecule has 66 valence electrons. The lowest BCUT2D eigenvalue weighted by Gasteiger charge is -2.17. The van der Waals surface area contributed by atoms with Gasteiger partial charge in [-0.05, 0) is 5.41 Å². The van der Waals surface area contributed by atoms with Crippen LogP contribution in [0.15, 0.2) is 12.2 Å². The van der Waals surface area contributed by atoms with E-state index in [-0.39, 0.29) is 5.41 Å². The van der Waals surface area contributed by atoms with Crippen LogP contribution in [0.1, 0.15) is 34.6 Å². The summed E-state index contributed by atoms with van der Waals surface area (Å²) in [5.74, 6) is -0.414. The van der Waals surface area contributed by atoms with Crippen molar-refractivity contribution in [2.45, 2.75) is 34.6 Å². The molecule has 0 rings (SSSR count). The molecule has 0 atom stereocenters. The van der Waals surface area contributed by atoms with Gasteiger partial charge >= 0.3 is 0 Å². The van der Waals surface area contributed by atoms with E-state index >= 15 is 0 Å². The average Bonchev–Trinajstić information content (AvgIpc) is 1.89. The van der Waals surface area contributed by atoms with Crippen LogP contribution in [0.2, 0.25) is 0 Å². The molecule has 0 radical (unpaired) electrons. The second-order valence-corrected chi connectivity index (χ2v) is 3.09. The first-order chi connectivity index (χ1) is 4.85.